The van der Waals surface area contributed by atoms with Crippen LogP contribution in [0.2, 0.25) is 0 Å². The smallest absolute Gasteiger partial charge is 0.200 e. The van der Waals surface area contributed by atoms with Crippen LogP contribution in [0.1, 0.15) is 56.2 Å². The number of benzene rings is 2. The van der Waals surface area contributed by atoms with E-state index >= 15 is 0 Å². The summed E-state index contributed by atoms with van der Waals surface area (Å²) < 4.78 is 2.26. The highest BCUT2D eigenvalue weighted by Gasteiger charge is 2.19. The summed E-state index contributed by atoms with van der Waals surface area (Å²) in [7, 11) is 2.15. The van der Waals surface area contributed by atoms with Crippen molar-refractivity contribution in [3.8, 4) is 11.3 Å². The van der Waals surface area contributed by atoms with Gasteiger partial charge in [0.05, 0.1) is 5.39 Å². The average Bonchev–Trinajstić information content (AvgIpc) is 2.54. The van der Waals surface area contributed by atoms with E-state index in [1.54, 1.807) is 0 Å². The molecule has 1 aromatic heterocycles. The lowest BCUT2D eigenvalue weighted by Crippen LogP contribution is -2.31. The zero-order valence-corrected chi connectivity index (χ0v) is 15.7. The fourth-order valence-corrected chi connectivity index (χ4v) is 3.52. The molecule has 0 bridgehead atoms. The molecule has 0 aliphatic rings. The second-order valence-electron chi connectivity index (χ2n) is 7.47. The Kier molecular flexibility index (Phi) is 4.45. The fraction of sp³-hybridized carbons (Fsp3) is 0.348. The summed E-state index contributed by atoms with van der Waals surface area (Å²) in [5, 5.41) is 2.71. The van der Waals surface area contributed by atoms with Crippen molar-refractivity contribution in [2.45, 2.75) is 46.5 Å². The lowest BCUT2D eigenvalue weighted by Gasteiger charge is -2.14. The van der Waals surface area contributed by atoms with Crippen LogP contribution in [0.3, 0.4) is 0 Å². The maximum Gasteiger partial charge on any atom is 0.220 e. The van der Waals surface area contributed by atoms with Crippen LogP contribution in [-0.2, 0) is 7.05 Å². The Balaban J connectivity index is 2.36. The van der Waals surface area contributed by atoms with Crippen molar-refractivity contribution >= 4 is 10.8 Å². The first-order valence-corrected chi connectivity index (χ1v) is 8.92. The highest BCUT2D eigenvalue weighted by atomic mass is 14.9. The molecule has 24 heavy (non-hydrogen) atoms. The number of aryl methyl sites for hydroxylation is 2. The van der Waals surface area contributed by atoms with Gasteiger partial charge in [-0.2, -0.15) is 0 Å². The molecule has 0 saturated carbocycles. The van der Waals surface area contributed by atoms with E-state index in [1.165, 1.54) is 38.7 Å². The van der Waals surface area contributed by atoms with Gasteiger partial charge in [-0.3, -0.25) is 0 Å². The molecule has 0 unspecified atom stereocenters. The maximum absolute atomic E-state index is 2.37. The Labute approximate surface area is 146 Å². The molecule has 0 saturated heterocycles. The second kappa shape index (κ2) is 6.39. The Hall–Kier alpha value is -2.15. The molecule has 0 aliphatic heterocycles. The van der Waals surface area contributed by atoms with E-state index in [4.69, 9.17) is 0 Å². The fourth-order valence-electron chi connectivity index (χ4n) is 3.52. The first-order valence-electron chi connectivity index (χ1n) is 8.92. The highest BCUT2D eigenvalue weighted by Crippen LogP contribution is 2.33. The summed E-state index contributed by atoms with van der Waals surface area (Å²) in [6.45, 7) is 11.3. The van der Waals surface area contributed by atoms with Gasteiger partial charge in [0, 0.05) is 11.6 Å². The van der Waals surface area contributed by atoms with Crippen LogP contribution in [0.15, 0.2) is 48.7 Å². The first kappa shape index (κ1) is 16.7. The van der Waals surface area contributed by atoms with Crippen LogP contribution in [0.5, 0.6) is 0 Å². The molecular formula is C23H28N+. The van der Waals surface area contributed by atoms with E-state index in [-0.39, 0.29) is 0 Å². The monoisotopic (exact) mass is 318 g/mol. The van der Waals surface area contributed by atoms with E-state index in [9.17, 15) is 0 Å². The topological polar surface area (TPSA) is 3.88 Å². The minimum atomic E-state index is 0.525. The quantitative estimate of drug-likeness (QED) is 0.530. The summed E-state index contributed by atoms with van der Waals surface area (Å²) in [5.74, 6) is 1.06. The summed E-state index contributed by atoms with van der Waals surface area (Å²) >= 11 is 0. The number of hydrogen-bond acceptors (Lipinski definition) is 0. The maximum atomic E-state index is 2.37. The first-order chi connectivity index (χ1) is 11.4. The number of fused-ring (bicyclic) bond motifs is 1. The third kappa shape index (κ3) is 2.84. The van der Waals surface area contributed by atoms with Crippen LogP contribution in [0, 0.1) is 6.92 Å². The highest BCUT2D eigenvalue weighted by molar-refractivity contribution is 5.95. The molecule has 2 aromatic carbocycles. The van der Waals surface area contributed by atoms with E-state index in [0.717, 1.165) is 0 Å². The minimum Gasteiger partial charge on any atom is -0.200 e. The summed E-state index contributed by atoms with van der Waals surface area (Å²) in [5.41, 5.74) is 6.81. The Morgan fingerprint density at radius 2 is 1.58 bits per heavy atom. The molecule has 3 aromatic rings. The van der Waals surface area contributed by atoms with Crippen LogP contribution >= 0.6 is 0 Å². The van der Waals surface area contributed by atoms with Gasteiger partial charge in [-0.05, 0) is 53.0 Å². The Bertz CT molecular complexity index is 888. The van der Waals surface area contributed by atoms with Crippen LogP contribution in [0.4, 0.5) is 0 Å². The molecule has 3 rings (SSSR count). The van der Waals surface area contributed by atoms with Crippen molar-refractivity contribution in [1.82, 2.24) is 0 Å². The summed E-state index contributed by atoms with van der Waals surface area (Å²) in [4.78, 5) is 0. The summed E-state index contributed by atoms with van der Waals surface area (Å²) in [6, 6.07) is 15.9. The molecule has 124 valence electrons. The SMILES string of the molecule is Cc1ccc(C(C)C)cc1-c1c2cccc(C(C)C)c2cc[n+]1C. The number of aromatic nitrogens is 1. The standard InChI is InChI=1S/C23H28N/c1-15(2)18-11-10-17(5)22(14-18)23-21-9-7-8-19(16(3)4)20(21)12-13-24(23)6/h7-16H,1-6H3/q+1. The molecule has 1 nitrogen and oxygen atoms in total. The molecule has 0 spiro atoms. The molecule has 0 radical (unpaired) electrons. The van der Waals surface area contributed by atoms with Gasteiger partial charge in [-0.15, -0.1) is 0 Å². The third-order valence-electron chi connectivity index (χ3n) is 5.02. The average molecular weight is 318 g/mol. The van der Waals surface area contributed by atoms with E-state index in [0.29, 0.717) is 11.8 Å². The van der Waals surface area contributed by atoms with Crippen LogP contribution < -0.4 is 4.57 Å². The van der Waals surface area contributed by atoms with Crippen molar-refractivity contribution in [3.05, 3.63) is 65.4 Å². The van der Waals surface area contributed by atoms with Crippen molar-refractivity contribution in [1.29, 1.82) is 0 Å². The van der Waals surface area contributed by atoms with Gasteiger partial charge in [-0.25, -0.2) is 4.57 Å². The van der Waals surface area contributed by atoms with E-state index < -0.39 is 0 Å². The number of rotatable bonds is 3. The van der Waals surface area contributed by atoms with Crippen molar-refractivity contribution < 1.29 is 4.57 Å². The zero-order valence-electron chi connectivity index (χ0n) is 15.7. The molecule has 0 N–H and O–H groups in total. The lowest BCUT2D eigenvalue weighted by atomic mass is 9.91. The van der Waals surface area contributed by atoms with Gasteiger partial charge in [0.15, 0.2) is 6.20 Å². The lowest BCUT2D eigenvalue weighted by molar-refractivity contribution is -0.659. The molecule has 0 aliphatic carbocycles. The Morgan fingerprint density at radius 3 is 2.25 bits per heavy atom. The predicted octanol–water partition coefficient (Wildman–Crippen LogP) is 5.89. The number of nitrogens with zero attached hydrogens (tertiary/aromatic N) is 1. The van der Waals surface area contributed by atoms with Gasteiger partial charge >= 0.3 is 0 Å². The summed E-state index contributed by atoms with van der Waals surface area (Å²) in [6.07, 6.45) is 2.20. The minimum absolute atomic E-state index is 0.525. The largest absolute Gasteiger partial charge is 0.220 e. The molecule has 0 fully saturated rings. The van der Waals surface area contributed by atoms with Gasteiger partial charge in [0.25, 0.3) is 0 Å². The molecule has 1 heterocycles. The van der Waals surface area contributed by atoms with Crippen molar-refractivity contribution in [3.63, 3.8) is 0 Å². The van der Waals surface area contributed by atoms with Gasteiger partial charge in [0.1, 0.15) is 7.05 Å². The Morgan fingerprint density at radius 1 is 0.833 bits per heavy atom. The molecule has 0 amide bonds. The molecule has 1 heteroatoms. The third-order valence-corrected chi connectivity index (χ3v) is 5.02. The normalized spacial score (nSPS) is 11.7. The number of hydrogen-bond donors (Lipinski definition) is 0. The van der Waals surface area contributed by atoms with Crippen molar-refractivity contribution in [2.24, 2.45) is 7.05 Å². The molecular weight excluding hydrogens is 290 g/mol. The van der Waals surface area contributed by atoms with Gasteiger partial charge in [-0.1, -0.05) is 52.0 Å². The van der Waals surface area contributed by atoms with Crippen molar-refractivity contribution in [2.75, 3.05) is 0 Å². The molecule has 0 atom stereocenters. The van der Waals surface area contributed by atoms with Crippen LogP contribution in [-0.4, -0.2) is 0 Å². The second-order valence-corrected chi connectivity index (χ2v) is 7.47. The van der Waals surface area contributed by atoms with E-state index in [1.807, 2.05) is 0 Å². The number of pyridine rings is 1. The zero-order chi connectivity index (χ0) is 17.4. The van der Waals surface area contributed by atoms with Gasteiger partial charge < -0.3 is 0 Å². The predicted molar refractivity (Wildman–Crippen MR) is 103 cm³/mol. The van der Waals surface area contributed by atoms with Gasteiger partial charge in [0.2, 0.25) is 5.69 Å². The van der Waals surface area contributed by atoms with Crippen LogP contribution in [0.25, 0.3) is 22.0 Å². The van der Waals surface area contributed by atoms with E-state index in [2.05, 4.69) is 94.9 Å².